The van der Waals surface area contributed by atoms with Crippen LogP contribution in [-0.4, -0.2) is 16.6 Å². The van der Waals surface area contributed by atoms with Crippen molar-refractivity contribution in [1.29, 1.82) is 0 Å². The second kappa shape index (κ2) is 13.3. The second-order valence-electron chi connectivity index (χ2n) is 11.6. The maximum Gasteiger partial charge on any atom is -1.00 e. The molecule has 1 aromatic rings. The van der Waals surface area contributed by atoms with Crippen LogP contribution in [0.4, 0.5) is 0 Å². The van der Waals surface area contributed by atoms with E-state index in [9.17, 15) is 0 Å². The van der Waals surface area contributed by atoms with Crippen LogP contribution in [-0.2, 0) is 24.7 Å². The van der Waals surface area contributed by atoms with E-state index in [0.717, 1.165) is 11.5 Å². The number of rotatable bonds is 10. The first-order valence-electron chi connectivity index (χ1n) is 12.7. The first-order chi connectivity index (χ1) is 14.7. The molecule has 0 aromatic heterocycles. The number of benzene rings is 1. The zero-order valence-corrected chi connectivity index (χ0v) is 29.4. The van der Waals surface area contributed by atoms with Crippen LogP contribution in [0, 0.1) is 0 Å². The molecule has 0 N–H and O–H groups in total. The quantitative estimate of drug-likeness (QED) is 0.373. The number of hydrogen-bond donors (Lipinski definition) is 0. The summed E-state index contributed by atoms with van der Waals surface area (Å²) in [6.45, 7) is 28.4. The van der Waals surface area contributed by atoms with Gasteiger partial charge in [0.15, 0.2) is 0 Å². The van der Waals surface area contributed by atoms with E-state index in [-0.39, 0.29) is 24.8 Å². The van der Waals surface area contributed by atoms with Gasteiger partial charge in [0.2, 0.25) is 0 Å². The van der Waals surface area contributed by atoms with E-state index in [4.69, 9.17) is 8.85 Å². The average Bonchev–Trinajstić information content (AvgIpc) is 3.05. The normalized spacial score (nSPS) is 15.9. The van der Waals surface area contributed by atoms with E-state index in [1.807, 2.05) is 0 Å². The molecule has 0 aliphatic heterocycles. The Hall–Kier alpha value is 0.457. The molecule has 1 unspecified atom stereocenters. The molecule has 2 rings (SSSR count). The first-order valence-corrected chi connectivity index (χ1v) is 18.4. The van der Waals surface area contributed by atoms with Gasteiger partial charge < -0.3 is 24.8 Å². The van der Waals surface area contributed by atoms with Gasteiger partial charge in [-0.25, -0.2) is 0 Å². The third kappa shape index (κ3) is 6.12. The van der Waals surface area contributed by atoms with Crippen molar-refractivity contribution in [2.24, 2.45) is 0 Å². The van der Waals surface area contributed by atoms with Crippen LogP contribution in [0.3, 0.4) is 0 Å². The van der Waals surface area contributed by atoms with Gasteiger partial charge in [-0.2, -0.15) is 0 Å². The van der Waals surface area contributed by atoms with Crippen molar-refractivity contribution in [2.75, 3.05) is 0 Å². The van der Waals surface area contributed by atoms with Crippen LogP contribution in [0.15, 0.2) is 18.2 Å². The minimum absolute atomic E-state index is 0. The number of fused-ring (bicyclic) bond motifs is 1. The third-order valence-electron chi connectivity index (χ3n) is 7.96. The Morgan fingerprint density at radius 3 is 1.29 bits per heavy atom. The second-order valence-corrected chi connectivity index (χ2v) is 23.8. The summed E-state index contributed by atoms with van der Waals surface area (Å²) in [4.78, 5) is 0. The van der Waals surface area contributed by atoms with Gasteiger partial charge in [-0.1, -0.05) is 0 Å². The summed E-state index contributed by atoms with van der Waals surface area (Å²) < 4.78 is 14.8. The molecule has 2 nitrogen and oxygen atoms in total. The predicted molar refractivity (Wildman–Crippen MR) is 142 cm³/mol. The maximum atomic E-state index is 7.20. The van der Waals surface area contributed by atoms with Crippen LogP contribution < -0.4 is 33.7 Å². The molecule has 0 spiro atoms. The minimum atomic E-state index is -2.01. The van der Waals surface area contributed by atoms with Crippen molar-refractivity contribution < 1.29 is 58.4 Å². The zero-order valence-electron chi connectivity index (χ0n) is 23.4. The number of hydrogen-bond acceptors (Lipinski definition) is 2. The van der Waals surface area contributed by atoms with Gasteiger partial charge in [-0.05, 0) is 0 Å². The monoisotopic (exact) mass is 619 g/mol. The third-order valence-corrected chi connectivity index (χ3v) is 21.1. The summed E-state index contributed by atoms with van der Waals surface area (Å²) in [5.74, 6) is 2.20. The Bertz CT molecular complexity index is 780. The minimum Gasteiger partial charge on any atom is -1.00 e. The van der Waals surface area contributed by atoms with Crippen molar-refractivity contribution in [1.82, 2.24) is 0 Å². The molecule has 7 heteroatoms. The molecule has 1 aliphatic rings. The molecule has 0 radical (unpaired) electrons. The van der Waals surface area contributed by atoms with Crippen LogP contribution >= 0.6 is 0 Å². The van der Waals surface area contributed by atoms with Gasteiger partial charge in [0.1, 0.15) is 0 Å². The van der Waals surface area contributed by atoms with Crippen LogP contribution in [0.25, 0.3) is 6.08 Å². The Labute approximate surface area is 240 Å². The molecule has 0 fully saturated rings. The molecule has 0 heterocycles. The summed E-state index contributed by atoms with van der Waals surface area (Å²) >= 11 is 1.51. The molecule has 193 valence electrons. The number of allylic oxidation sites excluding steroid dienone is 1. The molecule has 1 atom stereocenters. The first kappa shape index (κ1) is 34.5. The fourth-order valence-corrected chi connectivity index (χ4v) is 18.1. The zero-order chi connectivity index (χ0) is 24.6. The van der Waals surface area contributed by atoms with Gasteiger partial charge in [-0.3, -0.25) is 0 Å². The Kier molecular flexibility index (Phi) is 13.5. The molecular weight excluding hydrogens is 575 g/mol. The fourth-order valence-electron chi connectivity index (χ4n) is 6.64. The Morgan fingerprint density at radius 2 is 0.941 bits per heavy atom. The summed E-state index contributed by atoms with van der Waals surface area (Å²) in [5.41, 5.74) is 6.03. The summed E-state index contributed by atoms with van der Waals surface area (Å²) in [6.07, 6.45) is 4.66. The van der Waals surface area contributed by atoms with E-state index in [1.165, 1.54) is 35.8 Å². The summed E-state index contributed by atoms with van der Waals surface area (Å²) in [6, 6.07) is 4.47. The predicted octanol–water partition coefficient (Wildman–Crippen LogP) is 3.42. The van der Waals surface area contributed by atoms with Crippen LogP contribution in [0.1, 0.15) is 97.8 Å². The molecule has 0 saturated heterocycles. The largest absolute Gasteiger partial charge is 1.00 e. The molecule has 0 bridgehead atoms. The van der Waals surface area contributed by atoms with Crippen LogP contribution in [0.2, 0.25) is 33.2 Å². The van der Waals surface area contributed by atoms with Gasteiger partial charge in [0.05, 0.1) is 0 Å². The van der Waals surface area contributed by atoms with Crippen LogP contribution in [0.5, 0.6) is 11.5 Å². The topological polar surface area (TPSA) is 18.5 Å². The Balaban J connectivity index is 0.00000544. The molecule has 0 amide bonds. The smallest absolute Gasteiger partial charge is 1.00 e. The van der Waals surface area contributed by atoms with Crippen molar-refractivity contribution in [3.05, 3.63) is 29.3 Å². The number of halogens is 2. The maximum absolute atomic E-state index is 7.20. The van der Waals surface area contributed by atoms with E-state index in [2.05, 4.69) is 107 Å². The van der Waals surface area contributed by atoms with Gasteiger partial charge in [0.25, 0.3) is 0 Å². The van der Waals surface area contributed by atoms with Crippen molar-refractivity contribution in [3.63, 3.8) is 0 Å². The fraction of sp³-hybridized carbons (Fsp3) is 0.704. The van der Waals surface area contributed by atoms with Crippen molar-refractivity contribution in [3.8, 4) is 11.5 Å². The van der Waals surface area contributed by atoms with Gasteiger partial charge in [0, 0.05) is 0 Å². The van der Waals surface area contributed by atoms with E-state index in [1.54, 1.807) is 0 Å². The van der Waals surface area contributed by atoms with E-state index in [0.29, 0.717) is 36.9 Å². The standard InChI is InChI=1S/C27H47O2Si2.2ClH.Zr/c1-18(2)30(19(3)4,20(5)6)28-26-16-17-27(25-15-13-14-24(25)26)29-31(21(7)8,22(9)10)23(11)12;;;/h13-23H,1-12H3;2*1H;/q;;;+2/p-2. The molecular formula is C27H47Cl2O2Si2Zr. The van der Waals surface area contributed by atoms with Crippen molar-refractivity contribution in [2.45, 2.75) is 120 Å². The SMILES string of the molecule is CC(C)[Si](Oc1ccc(O[Si](C(C)C)(C(C)C)C(C)C)c2c1C=C[CH]2[Zr+2])(C(C)C)C(C)C.[Cl-].[Cl-]. The molecule has 34 heavy (non-hydrogen) atoms. The molecule has 0 saturated carbocycles. The summed E-state index contributed by atoms with van der Waals surface area (Å²) in [5, 5.41) is 0. The van der Waals surface area contributed by atoms with Crippen molar-refractivity contribution >= 4 is 22.7 Å². The average molecular weight is 622 g/mol. The van der Waals surface area contributed by atoms with Gasteiger partial charge in [-0.15, -0.1) is 0 Å². The van der Waals surface area contributed by atoms with Gasteiger partial charge >= 0.3 is 217 Å². The molecule has 1 aromatic carbocycles. The van der Waals surface area contributed by atoms with E-state index >= 15 is 0 Å². The summed E-state index contributed by atoms with van der Waals surface area (Å²) in [7, 11) is -4.02. The van der Waals surface area contributed by atoms with E-state index < -0.39 is 16.6 Å². The Morgan fingerprint density at radius 1 is 0.618 bits per heavy atom. The molecule has 1 aliphatic carbocycles.